The molecular weight excluding hydrogens is 258 g/mol. The van der Waals surface area contributed by atoms with Crippen LogP contribution in [0.25, 0.3) is 0 Å². The van der Waals surface area contributed by atoms with Gasteiger partial charge in [0.1, 0.15) is 10.8 Å². The largest absolute Gasteiger partial charge is 0.430 e. The van der Waals surface area contributed by atoms with E-state index in [1.54, 1.807) is 0 Å². The first-order valence-electron chi connectivity index (χ1n) is 6.62. The van der Waals surface area contributed by atoms with Gasteiger partial charge in [0.25, 0.3) is 5.19 Å². The maximum absolute atomic E-state index is 5.79. The Labute approximate surface area is 116 Å². The van der Waals surface area contributed by atoms with Gasteiger partial charge in [-0.25, -0.2) is 0 Å². The number of nitrogens with one attached hydrogen (secondary N) is 1. The summed E-state index contributed by atoms with van der Waals surface area (Å²) in [5.41, 5.74) is 2.88. The Hall–Kier alpha value is -1.46. The SMILES string of the molecule is CNCc1nnc(Oc2ccc3c(c2)CCCC3)s1. The first-order valence-corrected chi connectivity index (χ1v) is 7.43. The Morgan fingerprint density at radius 3 is 2.89 bits per heavy atom. The molecule has 1 aliphatic carbocycles. The van der Waals surface area contributed by atoms with E-state index >= 15 is 0 Å². The molecule has 5 heteroatoms. The van der Waals surface area contributed by atoms with E-state index in [0.29, 0.717) is 5.19 Å². The molecule has 0 fully saturated rings. The first-order chi connectivity index (χ1) is 9.35. The van der Waals surface area contributed by atoms with Crippen molar-refractivity contribution in [1.82, 2.24) is 15.5 Å². The molecule has 3 rings (SSSR count). The minimum Gasteiger partial charge on any atom is -0.430 e. The average Bonchev–Trinajstić information content (AvgIpc) is 2.86. The molecule has 0 unspecified atom stereocenters. The van der Waals surface area contributed by atoms with Gasteiger partial charge in [-0.1, -0.05) is 22.5 Å². The number of aromatic nitrogens is 2. The normalized spacial score (nSPS) is 14.2. The third kappa shape index (κ3) is 2.93. The van der Waals surface area contributed by atoms with Gasteiger partial charge < -0.3 is 10.1 Å². The molecule has 0 spiro atoms. The van der Waals surface area contributed by atoms with Crippen molar-refractivity contribution in [3.8, 4) is 10.9 Å². The van der Waals surface area contributed by atoms with Crippen LogP contribution in [0.15, 0.2) is 18.2 Å². The Morgan fingerprint density at radius 2 is 2.05 bits per heavy atom. The quantitative estimate of drug-likeness (QED) is 0.932. The molecule has 100 valence electrons. The predicted molar refractivity (Wildman–Crippen MR) is 75.8 cm³/mol. The Morgan fingerprint density at radius 1 is 1.21 bits per heavy atom. The van der Waals surface area contributed by atoms with Gasteiger partial charge in [0.2, 0.25) is 0 Å². The van der Waals surface area contributed by atoms with E-state index in [4.69, 9.17) is 4.74 Å². The second kappa shape index (κ2) is 5.67. The van der Waals surface area contributed by atoms with E-state index in [0.717, 1.165) is 23.7 Å². The van der Waals surface area contributed by atoms with E-state index < -0.39 is 0 Å². The Bertz CT molecular complexity index is 568. The van der Waals surface area contributed by atoms with Crippen LogP contribution in [-0.2, 0) is 19.4 Å². The van der Waals surface area contributed by atoms with Crippen LogP contribution in [0, 0.1) is 0 Å². The van der Waals surface area contributed by atoms with Gasteiger partial charge in [0, 0.05) is 6.54 Å². The molecule has 1 aliphatic rings. The minimum atomic E-state index is 0.612. The van der Waals surface area contributed by atoms with Crippen LogP contribution in [0.4, 0.5) is 0 Å². The second-order valence-corrected chi connectivity index (χ2v) is 5.76. The van der Waals surface area contributed by atoms with Gasteiger partial charge in [-0.2, -0.15) is 0 Å². The molecule has 0 atom stereocenters. The molecule has 19 heavy (non-hydrogen) atoms. The van der Waals surface area contributed by atoms with Crippen molar-refractivity contribution in [2.45, 2.75) is 32.2 Å². The van der Waals surface area contributed by atoms with Crippen molar-refractivity contribution in [2.75, 3.05) is 7.05 Å². The fourth-order valence-electron chi connectivity index (χ4n) is 2.38. The van der Waals surface area contributed by atoms with Crippen LogP contribution < -0.4 is 10.1 Å². The van der Waals surface area contributed by atoms with Crippen molar-refractivity contribution >= 4 is 11.3 Å². The topological polar surface area (TPSA) is 47.0 Å². The number of hydrogen-bond acceptors (Lipinski definition) is 5. The lowest BCUT2D eigenvalue weighted by atomic mass is 9.92. The van der Waals surface area contributed by atoms with E-state index in [1.165, 1.54) is 41.7 Å². The number of benzene rings is 1. The van der Waals surface area contributed by atoms with Crippen LogP contribution in [0.3, 0.4) is 0 Å². The van der Waals surface area contributed by atoms with Crippen molar-refractivity contribution in [3.05, 3.63) is 34.3 Å². The lowest BCUT2D eigenvalue weighted by Gasteiger charge is -2.16. The number of ether oxygens (including phenoxy) is 1. The Balaban J connectivity index is 1.75. The molecule has 4 nitrogen and oxygen atoms in total. The minimum absolute atomic E-state index is 0.612. The number of hydrogen-bond donors (Lipinski definition) is 1. The standard InChI is InChI=1S/C14H17N3OS/c1-15-9-13-16-17-14(19-13)18-12-7-6-10-4-2-3-5-11(10)8-12/h6-8,15H,2-5,9H2,1H3. The number of fused-ring (bicyclic) bond motifs is 1. The van der Waals surface area contributed by atoms with Crippen molar-refractivity contribution in [3.63, 3.8) is 0 Å². The van der Waals surface area contributed by atoms with Gasteiger partial charge >= 0.3 is 0 Å². The lowest BCUT2D eigenvalue weighted by molar-refractivity contribution is 0.471. The molecule has 1 N–H and O–H groups in total. The van der Waals surface area contributed by atoms with E-state index in [2.05, 4.69) is 27.6 Å². The zero-order valence-corrected chi connectivity index (χ0v) is 11.8. The molecule has 0 aliphatic heterocycles. The maximum atomic E-state index is 5.79. The van der Waals surface area contributed by atoms with Crippen LogP contribution in [0.5, 0.6) is 10.9 Å². The van der Waals surface area contributed by atoms with Crippen LogP contribution in [0.2, 0.25) is 0 Å². The number of rotatable bonds is 4. The fourth-order valence-corrected chi connectivity index (χ4v) is 3.10. The van der Waals surface area contributed by atoms with Crippen LogP contribution in [0.1, 0.15) is 29.0 Å². The zero-order valence-electron chi connectivity index (χ0n) is 11.0. The molecule has 0 amide bonds. The molecule has 0 radical (unpaired) electrons. The summed E-state index contributed by atoms with van der Waals surface area (Å²) in [4.78, 5) is 0. The van der Waals surface area contributed by atoms with E-state index in [1.807, 2.05) is 13.1 Å². The van der Waals surface area contributed by atoms with Gasteiger partial charge in [0.05, 0.1) is 0 Å². The third-order valence-electron chi connectivity index (χ3n) is 3.30. The fraction of sp³-hybridized carbons (Fsp3) is 0.429. The van der Waals surface area contributed by atoms with Crippen molar-refractivity contribution < 1.29 is 4.74 Å². The average molecular weight is 275 g/mol. The van der Waals surface area contributed by atoms with Gasteiger partial charge in [-0.15, -0.1) is 5.10 Å². The highest BCUT2D eigenvalue weighted by atomic mass is 32.1. The van der Waals surface area contributed by atoms with Crippen LogP contribution in [-0.4, -0.2) is 17.2 Å². The first kappa shape index (κ1) is 12.6. The molecule has 0 saturated heterocycles. The Kier molecular flexibility index (Phi) is 3.75. The molecule has 1 aromatic heterocycles. The molecule has 2 aromatic rings. The van der Waals surface area contributed by atoms with E-state index in [9.17, 15) is 0 Å². The summed E-state index contributed by atoms with van der Waals surface area (Å²) < 4.78 is 5.79. The van der Waals surface area contributed by atoms with Crippen LogP contribution >= 0.6 is 11.3 Å². The number of aryl methyl sites for hydroxylation is 2. The van der Waals surface area contributed by atoms with Gasteiger partial charge in [0.15, 0.2) is 0 Å². The smallest absolute Gasteiger partial charge is 0.299 e. The summed E-state index contributed by atoms with van der Waals surface area (Å²) in [7, 11) is 1.89. The summed E-state index contributed by atoms with van der Waals surface area (Å²) in [6, 6.07) is 6.36. The van der Waals surface area contributed by atoms with Gasteiger partial charge in [-0.05, 0) is 56.0 Å². The van der Waals surface area contributed by atoms with E-state index in [-0.39, 0.29) is 0 Å². The predicted octanol–water partition coefficient (Wildman–Crippen LogP) is 2.93. The highest BCUT2D eigenvalue weighted by Crippen LogP contribution is 2.29. The monoisotopic (exact) mass is 275 g/mol. The number of nitrogens with zero attached hydrogens (tertiary/aromatic N) is 2. The molecule has 0 saturated carbocycles. The molecule has 0 bridgehead atoms. The highest BCUT2D eigenvalue weighted by Gasteiger charge is 2.11. The third-order valence-corrected chi connectivity index (χ3v) is 4.10. The summed E-state index contributed by atoms with van der Waals surface area (Å²) in [6.45, 7) is 0.727. The zero-order chi connectivity index (χ0) is 13.1. The van der Waals surface area contributed by atoms with Crippen molar-refractivity contribution in [2.24, 2.45) is 0 Å². The lowest BCUT2D eigenvalue weighted by Crippen LogP contribution is -2.04. The van der Waals surface area contributed by atoms with Crippen molar-refractivity contribution in [1.29, 1.82) is 0 Å². The maximum Gasteiger partial charge on any atom is 0.299 e. The molecule has 1 aromatic carbocycles. The summed E-state index contributed by atoms with van der Waals surface area (Å²) >= 11 is 1.48. The van der Waals surface area contributed by atoms with Gasteiger partial charge in [-0.3, -0.25) is 0 Å². The summed E-state index contributed by atoms with van der Waals surface area (Å²) in [5, 5.41) is 12.7. The summed E-state index contributed by atoms with van der Waals surface area (Å²) in [5.74, 6) is 0.868. The summed E-state index contributed by atoms with van der Waals surface area (Å²) in [6.07, 6.45) is 4.94. The highest BCUT2D eigenvalue weighted by molar-refractivity contribution is 7.13. The molecule has 1 heterocycles. The molecular formula is C14H17N3OS. The second-order valence-electron chi connectivity index (χ2n) is 4.73.